The van der Waals surface area contributed by atoms with Crippen molar-refractivity contribution in [2.75, 3.05) is 13.2 Å². The number of nitrogens with two attached hydrogens (primary N) is 1. The number of aliphatic hydroxyl groups is 3. The van der Waals surface area contributed by atoms with Gasteiger partial charge in [-0.15, -0.1) is 0 Å². The summed E-state index contributed by atoms with van der Waals surface area (Å²) >= 11 is 0. The smallest absolute Gasteiger partial charge is 0.172 e. The quantitative estimate of drug-likeness (QED) is 0.243. The van der Waals surface area contributed by atoms with Crippen LogP contribution in [0.3, 0.4) is 0 Å². The maximum atomic E-state index is 11.0. The molecule has 0 radical (unpaired) electrons. The third-order valence-electron chi connectivity index (χ3n) is 9.18. The number of hydrogen-bond acceptors (Lipinski definition) is 5. The Morgan fingerprint density at radius 3 is 2.69 bits per heavy atom. The molecule has 0 aliphatic heterocycles. The van der Waals surface area contributed by atoms with E-state index < -0.39 is 17.5 Å². The average Bonchev–Trinajstić information content (AvgIpc) is 3.12. The van der Waals surface area contributed by atoms with Gasteiger partial charge in [-0.05, 0) is 99.7 Å². The van der Waals surface area contributed by atoms with Crippen LogP contribution in [0.1, 0.15) is 98.3 Å². The van der Waals surface area contributed by atoms with Crippen molar-refractivity contribution in [3.8, 4) is 0 Å². The Morgan fingerprint density at radius 2 is 2.00 bits per heavy atom. The number of allylic oxidation sites excluding steroid dienone is 3. The van der Waals surface area contributed by atoms with Crippen LogP contribution in [0.2, 0.25) is 0 Å². The van der Waals surface area contributed by atoms with E-state index in [9.17, 15) is 15.3 Å². The van der Waals surface area contributed by atoms with Gasteiger partial charge in [-0.3, -0.25) is 0 Å². The summed E-state index contributed by atoms with van der Waals surface area (Å²) < 4.78 is 5.73. The molecule has 5 heteroatoms. The molecule has 3 saturated carbocycles. The first-order valence-electron chi connectivity index (χ1n) is 13.9. The number of ether oxygens (including phenoxy) is 1. The topological polar surface area (TPSA) is 95.9 Å². The van der Waals surface area contributed by atoms with Crippen molar-refractivity contribution < 1.29 is 20.1 Å². The highest BCUT2D eigenvalue weighted by molar-refractivity contribution is 5.39. The summed E-state index contributed by atoms with van der Waals surface area (Å²) in [6.07, 6.45) is 14.0. The van der Waals surface area contributed by atoms with Crippen LogP contribution in [0.15, 0.2) is 35.5 Å². The molecular weight excluding hydrogens is 438 g/mol. The van der Waals surface area contributed by atoms with E-state index in [-0.39, 0.29) is 6.42 Å². The van der Waals surface area contributed by atoms with Crippen LogP contribution in [0.25, 0.3) is 0 Å². The molecule has 0 bridgehead atoms. The fourth-order valence-corrected chi connectivity index (χ4v) is 7.22. The Balaban J connectivity index is 1.71. The molecule has 0 aromatic heterocycles. The maximum absolute atomic E-state index is 11.0. The molecule has 5 nitrogen and oxygen atoms in total. The first-order chi connectivity index (χ1) is 16.4. The molecule has 35 heavy (non-hydrogen) atoms. The summed E-state index contributed by atoms with van der Waals surface area (Å²) in [4.78, 5) is 0. The second-order valence-electron chi connectivity index (χ2n) is 12.6. The summed E-state index contributed by atoms with van der Waals surface area (Å²) in [5, 5.41) is 31.6. The van der Waals surface area contributed by atoms with Gasteiger partial charge in [0.25, 0.3) is 0 Å². The molecule has 3 aliphatic carbocycles. The first-order valence-corrected chi connectivity index (χ1v) is 13.9. The third-order valence-corrected chi connectivity index (χ3v) is 9.18. The Hall–Kier alpha value is -0.980. The van der Waals surface area contributed by atoms with Crippen LogP contribution in [-0.2, 0) is 4.74 Å². The van der Waals surface area contributed by atoms with E-state index in [0.717, 1.165) is 30.8 Å². The average molecular weight is 490 g/mol. The number of rotatable bonds is 10. The van der Waals surface area contributed by atoms with Gasteiger partial charge in [0.15, 0.2) is 5.79 Å². The second-order valence-corrected chi connectivity index (χ2v) is 12.6. The minimum Gasteiger partial charge on any atom is -0.390 e. The summed E-state index contributed by atoms with van der Waals surface area (Å²) in [7, 11) is 0. The van der Waals surface area contributed by atoms with Gasteiger partial charge in [0.05, 0.1) is 18.3 Å². The van der Waals surface area contributed by atoms with Crippen molar-refractivity contribution in [3.63, 3.8) is 0 Å². The highest BCUT2D eigenvalue weighted by atomic mass is 16.6. The molecule has 0 aromatic rings. The molecule has 200 valence electrons. The van der Waals surface area contributed by atoms with Crippen LogP contribution in [0.4, 0.5) is 0 Å². The lowest BCUT2D eigenvalue weighted by Crippen LogP contribution is -2.42. The predicted octanol–water partition coefficient (Wildman–Crippen LogP) is 5.40. The van der Waals surface area contributed by atoms with Gasteiger partial charge >= 0.3 is 0 Å². The van der Waals surface area contributed by atoms with Crippen LogP contribution >= 0.6 is 0 Å². The first kappa shape index (κ1) is 28.6. The van der Waals surface area contributed by atoms with Crippen molar-refractivity contribution in [2.45, 2.75) is 116 Å². The van der Waals surface area contributed by atoms with E-state index in [2.05, 4.69) is 32.6 Å². The molecular formula is C30H51NO4. The van der Waals surface area contributed by atoms with Crippen molar-refractivity contribution in [3.05, 3.63) is 35.5 Å². The zero-order valence-corrected chi connectivity index (χ0v) is 22.7. The Bertz CT molecular complexity index is 797. The summed E-state index contributed by atoms with van der Waals surface area (Å²) in [5.41, 5.74) is 8.40. The number of fused-ring (bicyclic) bond motifs is 1. The Labute approximate surface area is 213 Å². The van der Waals surface area contributed by atoms with E-state index in [1.807, 2.05) is 13.8 Å². The summed E-state index contributed by atoms with van der Waals surface area (Å²) in [5.74, 6) is 0.617. The van der Waals surface area contributed by atoms with Gasteiger partial charge < -0.3 is 25.8 Å². The van der Waals surface area contributed by atoms with Crippen LogP contribution in [0.5, 0.6) is 0 Å². The van der Waals surface area contributed by atoms with Crippen molar-refractivity contribution >= 4 is 0 Å². The molecule has 0 aromatic carbocycles. The molecule has 5 N–H and O–H groups in total. The van der Waals surface area contributed by atoms with Gasteiger partial charge in [0.2, 0.25) is 0 Å². The van der Waals surface area contributed by atoms with Gasteiger partial charge in [0.1, 0.15) is 0 Å². The van der Waals surface area contributed by atoms with Gasteiger partial charge in [-0.2, -0.15) is 0 Å². The van der Waals surface area contributed by atoms with E-state index in [4.69, 9.17) is 10.5 Å². The van der Waals surface area contributed by atoms with Gasteiger partial charge in [0, 0.05) is 12.8 Å². The highest BCUT2D eigenvalue weighted by Crippen LogP contribution is 2.60. The standard InChI is InChI=1S/C30H51NO4/c1-21(9-6-15-28(3,4)33)25-13-14-26-23(10-7-16-29(25,26)5)11-12-24-19-30(34,35-18-8-17-31)20-27(32)22(24)2/h11-12,21,25-27,32-34H,2,6-10,13-20,31H2,1,3-5H3/t21-,25-,26?,27?,29-,30-/m1/s1. The largest absolute Gasteiger partial charge is 0.390 e. The second kappa shape index (κ2) is 11.6. The van der Waals surface area contributed by atoms with Crippen molar-refractivity contribution in [2.24, 2.45) is 28.9 Å². The molecule has 3 rings (SSSR count). The lowest BCUT2D eigenvalue weighted by Gasteiger charge is -2.44. The van der Waals surface area contributed by atoms with Crippen molar-refractivity contribution in [1.29, 1.82) is 0 Å². The zero-order valence-electron chi connectivity index (χ0n) is 22.7. The monoisotopic (exact) mass is 489 g/mol. The molecule has 0 amide bonds. The van der Waals surface area contributed by atoms with Crippen LogP contribution in [0, 0.1) is 23.2 Å². The summed E-state index contributed by atoms with van der Waals surface area (Å²) in [6, 6.07) is 0. The van der Waals surface area contributed by atoms with Crippen LogP contribution in [-0.4, -0.2) is 46.0 Å². The lowest BCUT2D eigenvalue weighted by molar-refractivity contribution is -0.220. The number of aliphatic hydroxyl groups excluding tert-OH is 1. The molecule has 3 aliphatic rings. The normalized spacial score (nSPS) is 37.1. The van der Waals surface area contributed by atoms with E-state index in [1.54, 1.807) is 0 Å². The van der Waals surface area contributed by atoms with Gasteiger partial charge in [-0.25, -0.2) is 0 Å². The SMILES string of the molecule is C=C1C(=CC=C2CCC[C@@]3(C)C2CC[C@@H]3[C@H](C)CCCC(C)(C)O)C[C@@](O)(OCCCN)CC1O. The van der Waals surface area contributed by atoms with Crippen LogP contribution < -0.4 is 5.73 Å². The fraction of sp³-hybridized carbons (Fsp3) is 0.800. The Kier molecular flexibility index (Phi) is 9.48. The summed E-state index contributed by atoms with van der Waals surface area (Å²) in [6.45, 7) is 13.8. The van der Waals surface area contributed by atoms with Gasteiger partial charge in [-0.1, -0.05) is 51.0 Å². The maximum Gasteiger partial charge on any atom is 0.172 e. The molecule has 3 fully saturated rings. The predicted molar refractivity (Wildman–Crippen MR) is 143 cm³/mol. The number of hydrogen-bond donors (Lipinski definition) is 4. The van der Waals surface area contributed by atoms with E-state index >= 15 is 0 Å². The Morgan fingerprint density at radius 1 is 1.26 bits per heavy atom. The van der Waals surface area contributed by atoms with E-state index in [0.29, 0.717) is 48.8 Å². The third kappa shape index (κ3) is 7.07. The van der Waals surface area contributed by atoms with E-state index in [1.165, 1.54) is 37.7 Å². The molecule has 6 atom stereocenters. The fourth-order valence-electron chi connectivity index (χ4n) is 7.22. The molecule has 2 unspecified atom stereocenters. The minimum atomic E-state index is -1.36. The lowest BCUT2D eigenvalue weighted by atomic mass is 9.60. The van der Waals surface area contributed by atoms with Crippen molar-refractivity contribution in [1.82, 2.24) is 0 Å². The molecule has 0 heterocycles. The zero-order chi connectivity index (χ0) is 25.9. The molecule has 0 spiro atoms. The molecule has 0 saturated heterocycles. The highest BCUT2D eigenvalue weighted by Gasteiger charge is 2.50. The minimum absolute atomic E-state index is 0.151.